The van der Waals surface area contributed by atoms with Gasteiger partial charge >= 0.3 is 5.97 Å². The zero-order chi connectivity index (χ0) is 14.8. The van der Waals surface area contributed by atoms with E-state index < -0.39 is 11.2 Å². The number of rotatable bonds is 6. The van der Waals surface area contributed by atoms with Gasteiger partial charge in [-0.1, -0.05) is 28.0 Å². The monoisotopic (exact) mass is 316 g/mol. The number of esters is 1. The molecule has 0 saturated carbocycles. The number of aliphatic hydroxyl groups excluding tert-OH is 2. The Hall–Kier alpha value is -1.25. The molecule has 7 nitrogen and oxygen atoms in total. The number of carbonyl (C=O) groups excluding carboxylic acids is 2. The lowest BCUT2D eigenvalue weighted by Crippen LogP contribution is -2.04. The van der Waals surface area contributed by atoms with Crippen LogP contribution >= 0.6 is 11.6 Å². The van der Waals surface area contributed by atoms with E-state index in [1.807, 2.05) is 0 Å². The highest BCUT2D eigenvalue weighted by molar-refractivity contribution is 6.66. The van der Waals surface area contributed by atoms with Crippen LogP contribution in [0.25, 0.3) is 0 Å². The van der Waals surface area contributed by atoms with Crippen molar-refractivity contribution in [2.75, 3.05) is 26.4 Å². The number of carbonyl (C=O) groups is 2. The summed E-state index contributed by atoms with van der Waals surface area (Å²) in [5, 5.41) is 22.8. The SMILES string of the molecule is C.C.C=CC(=O)Cl.C=CC(=O)OCCO.OCCOO. The van der Waals surface area contributed by atoms with Gasteiger partial charge in [-0.15, -0.1) is 0 Å². The number of halogens is 1. The molecule has 0 saturated heterocycles. The highest BCUT2D eigenvalue weighted by Gasteiger charge is 1.90. The van der Waals surface area contributed by atoms with Gasteiger partial charge in [0.2, 0.25) is 5.24 Å². The van der Waals surface area contributed by atoms with Crippen LogP contribution in [0, 0.1) is 0 Å². The van der Waals surface area contributed by atoms with Crippen molar-refractivity contribution in [2.45, 2.75) is 14.9 Å². The van der Waals surface area contributed by atoms with Crippen molar-refractivity contribution in [2.24, 2.45) is 0 Å². The van der Waals surface area contributed by atoms with E-state index in [1.165, 1.54) is 0 Å². The summed E-state index contributed by atoms with van der Waals surface area (Å²) >= 11 is 4.71. The molecular formula is C12H25ClO7. The average molecular weight is 317 g/mol. The van der Waals surface area contributed by atoms with Crippen molar-refractivity contribution >= 4 is 22.8 Å². The van der Waals surface area contributed by atoms with Gasteiger partial charge in [-0.2, -0.15) is 0 Å². The van der Waals surface area contributed by atoms with E-state index in [1.54, 1.807) is 0 Å². The zero-order valence-corrected chi connectivity index (χ0v) is 10.5. The molecule has 0 bridgehead atoms. The van der Waals surface area contributed by atoms with Crippen molar-refractivity contribution in [3.8, 4) is 0 Å². The first kappa shape index (κ1) is 31.2. The maximum Gasteiger partial charge on any atom is 0.330 e. The van der Waals surface area contributed by atoms with Gasteiger partial charge in [-0.3, -0.25) is 10.1 Å². The highest BCUT2D eigenvalue weighted by atomic mass is 35.5. The summed E-state index contributed by atoms with van der Waals surface area (Å²) in [5.74, 6) is -0.501. The van der Waals surface area contributed by atoms with E-state index >= 15 is 0 Å². The minimum absolute atomic E-state index is 0. The van der Waals surface area contributed by atoms with E-state index in [9.17, 15) is 9.59 Å². The van der Waals surface area contributed by atoms with E-state index in [0.29, 0.717) is 0 Å². The van der Waals surface area contributed by atoms with Crippen LogP contribution in [0.5, 0.6) is 0 Å². The third-order valence-electron chi connectivity index (χ3n) is 0.845. The molecule has 0 heterocycles. The lowest BCUT2D eigenvalue weighted by Gasteiger charge is -1.94. The van der Waals surface area contributed by atoms with Crippen LogP contribution in [-0.2, 0) is 19.2 Å². The Labute approximate surface area is 125 Å². The number of aliphatic hydroxyl groups is 2. The Morgan fingerprint density at radius 2 is 1.45 bits per heavy atom. The van der Waals surface area contributed by atoms with Crippen LogP contribution in [0.15, 0.2) is 25.3 Å². The van der Waals surface area contributed by atoms with E-state index in [0.717, 1.165) is 12.2 Å². The van der Waals surface area contributed by atoms with Crippen LogP contribution in [0.2, 0.25) is 0 Å². The van der Waals surface area contributed by atoms with Crippen molar-refractivity contribution in [1.82, 2.24) is 0 Å². The van der Waals surface area contributed by atoms with Crippen LogP contribution in [-0.4, -0.2) is 53.1 Å². The summed E-state index contributed by atoms with van der Waals surface area (Å²) in [5.41, 5.74) is 0. The van der Waals surface area contributed by atoms with Gasteiger partial charge in [0.1, 0.15) is 13.2 Å². The molecule has 8 heteroatoms. The fourth-order valence-electron chi connectivity index (χ4n) is 0.246. The molecule has 0 aliphatic carbocycles. The molecule has 0 aliphatic rings. The molecule has 0 aromatic heterocycles. The molecule has 0 aromatic rings. The summed E-state index contributed by atoms with van der Waals surface area (Å²) < 4.78 is 4.33. The molecule has 0 unspecified atom stereocenters. The predicted octanol–water partition coefficient (Wildman–Crippen LogP) is 1.39. The Bertz CT molecular complexity index is 230. The first-order chi connectivity index (χ1) is 8.49. The van der Waals surface area contributed by atoms with Gasteiger partial charge in [-0.25, -0.2) is 9.68 Å². The number of allylic oxidation sites excluding steroid dienone is 1. The molecule has 0 atom stereocenters. The molecular weight excluding hydrogens is 292 g/mol. The van der Waals surface area contributed by atoms with Gasteiger partial charge in [-0.05, 0) is 17.7 Å². The van der Waals surface area contributed by atoms with Crippen molar-refractivity contribution in [1.29, 1.82) is 0 Å². The van der Waals surface area contributed by atoms with Gasteiger partial charge < -0.3 is 14.9 Å². The molecule has 0 radical (unpaired) electrons. The summed E-state index contributed by atoms with van der Waals surface area (Å²) in [7, 11) is 0. The minimum Gasteiger partial charge on any atom is -0.460 e. The second-order valence-electron chi connectivity index (χ2n) is 2.16. The maximum absolute atomic E-state index is 10.1. The van der Waals surface area contributed by atoms with Crippen LogP contribution in [0.3, 0.4) is 0 Å². The van der Waals surface area contributed by atoms with E-state index in [4.69, 9.17) is 27.1 Å². The highest BCUT2D eigenvalue weighted by Crippen LogP contribution is 1.75. The molecule has 0 rings (SSSR count). The van der Waals surface area contributed by atoms with E-state index in [-0.39, 0.29) is 41.3 Å². The Morgan fingerprint density at radius 3 is 1.60 bits per heavy atom. The summed E-state index contributed by atoms with van der Waals surface area (Å²) in [6.45, 7) is 6.01. The quantitative estimate of drug-likeness (QED) is 0.223. The minimum atomic E-state index is -0.509. The zero-order valence-electron chi connectivity index (χ0n) is 9.75. The third-order valence-corrected chi connectivity index (χ3v) is 1.000. The average Bonchev–Trinajstić information content (AvgIpc) is 2.38. The Kier molecular flexibility index (Phi) is 47.9. The summed E-state index contributed by atoms with van der Waals surface area (Å²) in [6, 6.07) is 0. The van der Waals surface area contributed by atoms with Crippen molar-refractivity contribution in [3.05, 3.63) is 25.3 Å². The first-order valence-electron chi connectivity index (χ1n) is 4.59. The van der Waals surface area contributed by atoms with Gasteiger partial charge in [0.05, 0.1) is 13.2 Å². The molecule has 20 heavy (non-hydrogen) atoms. The molecule has 0 spiro atoms. The standard InChI is InChI=1S/C5H8O3.C3H3ClO.C2H6O3.2CH4/c1-2-5(7)8-4-3-6;1-2-3(4)5;3-1-2-5-4;;/h2,6H,1,3-4H2;2H,1H2;3-4H,1-2H2;2*1H4. The molecule has 122 valence electrons. The topological polar surface area (TPSA) is 113 Å². The molecule has 0 aliphatic heterocycles. The van der Waals surface area contributed by atoms with Gasteiger partial charge in [0.15, 0.2) is 0 Å². The van der Waals surface area contributed by atoms with E-state index in [2.05, 4.69) is 22.8 Å². The molecule has 0 amide bonds. The molecule has 3 N–H and O–H groups in total. The molecule has 0 aromatic carbocycles. The number of hydrogen-bond donors (Lipinski definition) is 3. The fraction of sp³-hybridized carbons (Fsp3) is 0.500. The first-order valence-corrected chi connectivity index (χ1v) is 4.97. The van der Waals surface area contributed by atoms with Crippen molar-refractivity contribution < 1.29 is 34.7 Å². The maximum atomic E-state index is 10.1. The smallest absolute Gasteiger partial charge is 0.330 e. The summed E-state index contributed by atoms with van der Waals surface area (Å²) in [6.07, 6.45) is 2.09. The summed E-state index contributed by atoms with van der Waals surface area (Å²) in [4.78, 5) is 23.0. The van der Waals surface area contributed by atoms with Crippen molar-refractivity contribution in [3.63, 3.8) is 0 Å². The van der Waals surface area contributed by atoms with Crippen LogP contribution in [0.1, 0.15) is 14.9 Å². The second-order valence-corrected chi connectivity index (χ2v) is 2.53. The largest absolute Gasteiger partial charge is 0.460 e. The fourth-order valence-corrected chi connectivity index (χ4v) is 0.246. The van der Waals surface area contributed by atoms with Crippen LogP contribution in [0.4, 0.5) is 0 Å². The number of ether oxygens (including phenoxy) is 1. The lowest BCUT2D eigenvalue weighted by atomic mass is 10.6. The normalized spacial score (nSPS) is 7.00. The lowest BCUT2D eigenvalue weighted by molar-refractivity contribution is -0.246. The second kappa shape index (κ2) is 30.6. The number of hydrogen-bond acceptors (Lipinski definition) is 7. The van der Waals surface area contributed by atoms with Gasteiger partial charge in [0.25, 0.3) is 0 Å². The molecule has 0 fully saturated rings. The Balaban J connectivity index is -0.0000000558. The third kappa shape index (κ3) is 54.3. The predicted molar refractivity (Wildman–Crippen MR) is 78.4 cm³/mol. The Morgan fingerprint density at radius 1 is 1.05 bits per heavy atom. The van der Waals surface area contributed by atoms with Crippen LogP contribution < -0.4 is 0 Å². The van der Waals surface area contributed by atoms with Gasteiger partial charge in [0, 0.05) is 6.08 Å².